The van der Waals surface area contributed by atoms with Gasteiger partial charge in [0, 0.05) is 11.3 Å². The molecule has 1 amide bonds. The lowest BCUT2D eigenvalue weighted by Gasteiger charge is -2.03. The molecule has 0 aliphatic carbocycles. The molecule has 0 saturated carbocycles. The van der Waals surface area contributed by atoms with Crippen LogP contribution in [-0.2, 0) is 14.6 Å². The van der Waals surface area contributed by atoms with Gasteiger partial charge in [0.2, 0.25) is 5.91 Å². The van der Waals surface area contributed by atoms with Gasteiger partial charge in [0.1, 0.15) is 0 Å². The fourth-order valence-electron chi connectivity index (χ4n) is 0.499. The molecule has 0 aromatic rings. The summed E-state index contributed by atoms with van der Waals surface area (Å²) in [6.45, 7) is 4.57. The molecule has 5 heteroatoms. The summed E-state index contributed by atoms with van der Waals surface area (Å²) in [6.07, 6.45) is 0. The lowest BCUT2D eigenvalue weighted by Crippen LogP contribution is -2.26. The van der Waals surface area contributed by atoms with Crippen LogP contribution in [0.2, 0.25) is 0 Å². The number of hydrogen-bond donors (Lipinski definition) is 1. The lowest BCUT2D eigenvalue weighted by atomic mass is 10.2. The summed E-state index contributed by atoms with van der Waals surface area (Å²) in [5.74, 6) is -1.53. The quantitative estimate of drug-likeness (QED) is 0.638. The van der Waals surface area contributed by atoms with Gasteiger partial charge in [-0.3, -0.25) is 4.79 Å². The standard InChI is InChI=1S/C6H11NO3S/c1-3-11(9,10)4-5(2)6(7)8/h3,5H,1,4H2,2H3,(H2,7,8)/t5-/m0/s1. The molecule has 0 saturated heterocycles. The molecule has 0 aliphatic heterocycles. The predicted molar refractivity (Wildman–Crippen MR) is 42.3 cm³/mol. The van der Waals surface area contributed by atoms with E-state index in [-0.39, 0.29) is 5.75 Å². The number of carbonyl (C=O) groups excluding carboxylic acids is 1. The van der Waals surface area contributed by atoms with Gasteiger partial charge in [0.25, 0.3) is 0 Å². The molecule has 0 aliphatic rings. The van der Waals surface area contributed by atoms with Crippen LogP contribution in [0.15, 0.2) is 12.0 Å². The lowest BCUT2D eigenvalue weighted by molar-refractivity contribution is -0.120. The van der Waals surface area contributed by atoms with Crippen LogP contribution in [0, 0.1) is 5.92 Å². The minimum atomic E-state index is -3.30. The molecule has 0 aromatic carbocycles. The van der Waals surface area contributed by atoms with E-state index in [1.54, 1.807) is 0 Å². The van der Waals surface area contributed by atoms with Crippen LogP contribution in [-0.4, -0.2) is 20.1 Å². The molecule has 11 heavy (non-hydrogen) atoms. The van der Waals surface area contributed by atoms with Crippen LogP contribution >= 0.6 is 0 Å². The molecule has 0 radical (unpaired) electrons. The van der Waals surface area contributed by atoms with Crippen molar-refractivity contribution >= 4 is 15.7 Å². The summed E-state index contributed by atoms with van der Waals surface area (Å²) >= 11 is 0. The molecule has 0 bridgehead atoms. The van der Waals surface area contributed by atoms with Crippen molar-refractivity contribution in [3.8, 4) is 0 Å². The van der Waals surface area contributed by atoms with Gasteiger partial charge in [-0.15, -0.1) is 0 Å². The van der Waals surface area contributed by atoms with E-state index >= 15 is 0 Å². The van der Waals surface area contributed by atoms with E-state index in [4.69, 9.17) is 5.73 Å². The maximum absolute atomic E-state index is 10.8. The fraction of sp³-hybridized carbons (Fsp3) is 0.500. The number of hydrogen-bond acceptors (Lipinski definition) is 3. The van der Waals surface area contributed by atoms with Crippen LogP contribution in [0.4, 0.5) is 0 Å². The van der Waals surface area contributed by atoms with E-state index < -0.39 is 21.7 Å². The van der Waals surface area contributed by atoms with E-state index in [0.29, 0.717) is 0 Å². The molecule has 0 heterocycles. The highest BCUT2D eigenvalue weighted by Crippen LogP contribution is 2.01. The van der Waals surface area contributed by atoms with E-state index in [1.165, 1.54) is 6.92 Å². The third-order valence-corrected chi connectivity index (χ3v) is 2.69. The minimum Gasteiger partial charge on any atom is -0.369 e. The first-order chi connectivity index (χ1) is 4.89. The highest BCUT2D eigenvalue weighted by atomic mass is 32.2. The Bertz CT molecular complexity index is 255. The molecule has 0 aromatic heterocycles. The normalized spacial score (nSPS) is 13.9. The zero-order chi connectivity index (χ0) is 9.07. The van der Waals surface area contributed by atoms with Gasteiger partial charge in [-0.1, -0.05) is 13.5 Å². The Kier molecular flexibility index (Phi) is 3.25. The van der Waals surface area contributed by atoms with Gasteiger partial charge in [0.15, 0.2) is 9.84 Å². The Balaban J connectivity index is 4.28. The van der Waals surface area contributed by atoms with Gasteiger partial charge < -0.3 is 5.73 Å². The van der Waals surface area contributed by atoms with Crippen molar-refractivity contribution in [2.45, 2.75) is 6.92 Å². The Labute approximate surface area is 66.0 Å². The summed E-state index contributed by atoms with van der Waals surface area (Å²) in [5, 5.41) is 0.826. The van der Waals surface area contributed by atoms with Gasteiger partial charge in [0.05, 0.1) is 5.75 Å². The number of sulfone groups is 1. The summed E-state index contributed by atoms with van der Waals surface area (Å²) in [7, 11) is -3.30. The van der Waals surface area contributed by atoms with Crippen molar-refractivity contribution in [3.05, 3.63) is 12.0 Å². The van der Waals surface area contributed by atoms with Crippen molar-refractivity contribution in [1.29, 1.82) is 0 Å². The number of rotatable bonds is 4. The summed E-state index contributed by atoms with van der Waals surface area (Å²) < 4.78 is 21.6. The highest BCUT2D eigenvalue weighted by molar-refractivity contribution is 7.94. The number of carbonyl (C=O) groups is 1. The maximum Gasteiger partial charge on any atom is 0.221 e. The van der Waals surface area contributed by atoms with Crippen LogP contribution in [0.1, 0.15) is 6.92 Å². The van der Waals surface area contributed by atoms with Crippen LogP contribution in [0.5, 0.6) is 0 Å². The van der Waals surface area contributed by atoms with Gasteiger partial charge in [-0.25, -0.2) is 8.42 Å². The van der Waals surface area contributed by atoms with Gasteiger partial charge >= 0.3 is 0 Å². The SMILES string of the molecule is C=CS(=O)(=O)C[C@H](C)C(N)=O. The van der Waals surface area contributed by atoms with Crippen molar-refractivity contribution in [2.24, 2.45) is 11.7 Å². The molecular weight excluding hydrogens is 166 g/mol. The monoisotopic (exact) mass is 177 g/mol. The molecule has 4 nitrogen and oxygen atoms in total. The van der Waals surface area contributed by atoms with Crippen molar-refractivity contribution in [2.75, 3.05) is 5.75 Å². The second-order valence-corrected chi connectivity index (χ2v) is 4.29. The van der Waals surface area contributed by atoms with Crippen LogP contribution in [0.3, 0.4) is 0 Å². The fourth-order valence-corrected chi connectivity index (χ4v) is 1.50. The van der Waals surface area contributed by atoms with Gasteiger partial charge in [-0.05, 0) is 0 Å². The third-order valence-electron chi connectivity index (χ3n) is 1.22. The second kappa shape index (κ2) is 3.52. The molecule has 0 unspecified atom stereocenters. The van der Waals surface area contributed by atoms with E-state index in [9.17, 15) is 13.2 Å². The van der Waals surface area contributed by atoms with E-state index in [1.807, 2.05) is 0 Å². The zero-order valence-corrected chi connectivity index (χ0v) is 7.10. The van der Waals surface area contributed by atoms with Crippen LogP contribution < -0.4 is 5.73 Å². The summed E-state index contributed by atoms with van der Waals surface area (Å²) in [6, 6.07) is 0. The molecule has 0 rings (SSSR count). The summed E-state index contributed by atoms with van der Waals surface area (Å²) in [4.78, 5) is 10.4. The minimum absolute atomic E-state index is 0.258. The third kappa shape index (κ3) is 3.77. The first-order valence-electron chi connectivity index (χ1n) is 3.03. The van der Waals surface area contributed by atoms with E-state index in [2.05, 4.69) is 6.58 Å². The second-order valence-electron chi connectivity index (χ2n) is 2.30. The molecule has 0 fully saturated rings. The number of primary amides is 1. The first kappa shape index (κ1) is 10.2. The molecule has 2 N–H and O–H groups in total. The van der Waals surface area contributed by atoms with E-state index in [0.717, 1.165) is 5.41 Å². The molecule has 1 atom stereocenters. The molecule has 0 spiro atoms. The number of nitrogens with two attached hydrogens (primary N) is 1. The Morgan fingerprint density at radius 2 is 2.18 bits per heavy atom. The summed E-state index contributed by atoms with van der Waals surface area (Å²) in [5.41, 5.74) is 4.86. The topological polar surface area (TPSA) is 77.2 Å². The zero-order valence-electron chi connectivity index (χ0n) is 6.28. The predicted octanol–water partition coefficient (Wildman–Crippen LogP) is -0.334. The maximum atomic E-state index is 10.8. The van der Waals surface area contributed by atoms with Crippen molar-refractivity contribution < 1.29 is 13.2 Å². The van der Waals surface area contributed by atoms with Crippen molar-refractivity contribution in [3.63, 3.8) is 0 Å². The average molecular weight is 177 g/mol. The molecular formula is C6H11NO3S. The van der Waals surface area contributed by atoms with Gasteiger partial charge in [-0.2, -0.15) is 0 Å². The smallest absolute Gasteiger partial charge is 0.221 e. The first-order valence-corrected chi connectivity index (χ1v) is 4.75. The highest BCUT2D eigenvalue weighted by Gasteiger charge is 2.16. The Hall–Kier alpha value is -0.840. The van der Waals surface area contributed by atoms with Crippen molar-refractivity contribution in [1.82, 2.24) is 0 Å². The Morgan fingerprint density at radius 3 is 2.45 bits per heavy atom. The van der Waals surface area contributed by atoms with Crippen LogP contribution in [0.25, 0.3) is 0 Å². The largest absolute Gasteiger partial charge is 0.369 e. The average Bonchev–Trinajstić information content (AvgIpc) is 1.87. The molecule has 64 valence electrons. The number of amides is 1. The Morgan fingerprint density at radius 1 is 1.73 bits per heavy atom.